The number of rotatable bonds is 6. The summed E-state index contributed by atoms with van der Waals surface area (Å²) in [4.78, 5) is 23.1. The number of allylic oxidation sites excluding steroid dienone is 1. The summed E-state index contributed by atoms with van der Waals surface area (Å²) in [6, 6.07) is 7.18. The van der Waals surface area contributed by atoms with E-state index in [9.17, 15) is 14.7 Å². The second-order valence-electron chi connectivity index (χ2n) is 5.09. The van der Waals surface area contributed by atoms with E-state index in [4.69, 9.17) is 0 Å². The lowest BCUT2D eigenvalue weighted by Crippen LogP contribution is -2.41. The average molecular weight is 288 g/mol. The van der Waals surface area contributed by atoms with E-state index in [-0.39, 0.29) is 0 Å². The highest BCUT2D eigenvalue weighted by molar-refractivity contribution is 5.83. The molecular formula is C16H20N2O3. The third kappa shape index (κ3) is 4.63. The summed E-state index contributed by atoms with van der Waals surface area (Å²) in [7, 11) is 0. The first-order chi connectivity index (χ1) is 10.2. The molecule has 1 atom stereocenters. The first-order valence-electron chi connectivity index (χ1n) is 7.17. The second-order valence-corrected chi connectivity index (χ2v) is 5.09. The number of hydrogen-bond donors (Lipinski definition) is 3. The van der Waals surface area contributed by atoms with E-state index in [1.165, 1.54) is 12.0 Å². The van der Waals surface area contributed by atoms with E-state index < -0.39 is 18.0 Å². The number of carboxylic acid groups (broad SMARTS) is 1. The van der Waals surface area contributed by atoms with Crippen LogP contribution in [0.3, 0.4) is 0 Å². The normalized spacial score (nSPS) is 15.1. The molecule has 0 bridgehead atoms. The highest BCUT2D eigenvalue weighted by Gasteiger charge is 2.21. The van der Waals surface area contributed by atoms with Gasteiger partial charge in [-0.15, -0.1) is 0 Å². The fraction of sp³-hybridized carbons (Fsp3) is 0.375. The predicted molar refractivity (Wildman–Crippen MR) is 79.9 cm³/mol. The van der Waals surface area contributed by atoms with Crippen molar-refractivity contribution >= 4 is 12.0 Å². The third-order valence-corrected chi connectivity index (χ3v) is 3.52. The fourth-order valence-corrected chi connectivity index (χ4v) is 2.42. The van der Waals surface area contributed by atoms with Crippen LogP contribution < -0.4 is 10.6 Å². The molecule has 21 heavy (non-hydrogen) atoms. The summed E-state index contributed by atoms with van der Waals surface area (Å²) in [5, 5.41) is 14.4. The Morgan fingerprint density at radius 3 is 2.62 bits per heavy atom. The minimum Gasteiger partial charge on any atom is -0.479 e. The van der Waals surface area contributed by atoms with Crippen LogP contribution in [0.25, 0.3) is 0 Å². The van der Waals surface area contributed by atoms with Gasteiger partial charge in [0.1, 0.15) is 0 Å². The van der Waals surface area contributed by atoms with E-state index in [1.54, 1.807) is 30.3 Å². The Kier molecular flexibility index (Phi) is 5.37. The zero-order valence-corrected chi connectivity index (χ0v) is 11.8. The number of aliphatic carboxylic acids is 1. The van der Waals surface area contributed by atoms with Gasteiger partial charge < -0.3 is 15.7 Å². The Bertz CT molecular complexity index is 526. The van der Waals surface area contributed by atoms with Crippen molar-refractivity contribution in [3.63, 3.8) is 0 Å². The van der Waals surface area contributed by atoms with Crippen molar-refractivity contribution in [2.24, 2.45) is 0 Å². The highest BCUT2D eigenvalue weighted by atomic mass is 16.4. The smallest absolute Gasteiger partial charge is 0.330 e. The van der Waals surface area contributed by atoms with Gasteiger partial charge in [-0.1, -0.05) is 42.0 Å². The lowest BCUT2D eigenvalue weighted by molar-refractivity contribution is -0.139. The Morgan fingerprint density at radius 2 is 2.00 bits per heavy atom. The van der Waals surface area contributed by atoms with Gasteiger partial charge in [0.2, 0.25) is 0 Å². The van der Waals surface area contributed by atoms with Crippen LogP contribution in [0.1, 0.15) is 37.3 Å². The lowest BCUT2D eigenvalue weighted by Gasteiger charge is -2.15. The number of nitrogens with one attached hydrogen (secondary N) is 2. The summed E-state index contributed by atoms with van der Waals surface area (Å²) in [6.07, 6.45) is 6.46. The zero-order valence-electron chi connectivity index (χ0n) is 11.8. The molecule has 5 heteroatoms. The van der Waals surface area contributed by atoms with Gasteiger partial charge in [-0.2, -0.15) is 0 Å². The number of carboxylic acids is 1. The molecule has 0 saturated heterocycles. The van der Waals surface area contributed by atoms with Gasteiger partial charge in [0.15, 0.2) is 6.04 Å². The number of urea groups is 1. The number of benzene rings is 1. The summed E-state index contributed by atoms with van der Waals surface area (Å²) in [6.45, 7) is 0.527. The lowest BCUT2D eigenvalue weighted by atomic mass is 10.1. The van der Waals surface area contributed by atoms with Gasteiger partial charge in [0.25, 0.3) is 0 Å². The maximum Gasteiger partial charge on any atom is 0.330 e. The predicted octanol–water partition coefficient (Wildman–Crippen LogP) is 2.61. The van der Waals surface area contributed by atoms with Crippen LogP contribution in [0.5, 0.6) is 0 Å². The molecule has 1 aromatic carbocycles. The summed E-state index contributed by atoms with van der Waals surface area (Å²) < 4.78 is 0. The summed E-state index contributed by atoms with van der Waals surface area (Å²) in [5.74, 6) is -1.07. The minimum atomic E-state index is -1.07. The Balaban J connectivity index is 1.82. The van der Waals surface area contributed by atoms with Gasteiger partial charge in [-0.05, 0) is 31.2 Å². The molecule has 2 amide bonds. The maximum atomic E-state index is 11.8. The molecule has 1 aromatic rings. The molecule has 112 valence electrons. The quantitative estimate of drug-likeness (QED) is 0.704. The van der Waals surface area contributed by atoms with Crippen molar-refractivity contribution < 1.29 is 14.7 Å². The Hall–Kier alpha value is -2.30. The molecule has 0 spiro atoms. The van der Waals surface area contributed by atoms with Gasteiger partial charge >= 0.3 is 12.0 Å². The SMILES string of the molecule is O=C(NCCC1=CCCC1)NC(C(=O)O)c1ccccc1. The van der Waals surface area contributed by atoms with E-state index >= 15 is 0 Å². The van der Waals surface area contributed by atoms with Crippen molar-refractivity contribution in [1.82, 2.24) is 10.6 Å². The van der Waals surface area contributed by atoms with Gasteiger partial charge in [-0.3, -0.25) is 0 Å². The molecule has 0 aliphatic heterocycles. The number of hydrogen-bond acceptors (Lipinski definition) is 2. The first kappa shape index (κ1) is 15.1. The third-order valence-electron chi connectivity index (χ3n) is 3.52. The standard InChI is InChI=1S/C16H20N2O3/c19-15(20)14(13-8-2-1-3-9-13)18-16(21)17-11-10-12-6-4-5-7-12/h1-3,6,8-9,14H,4-5,7,10-11H2,(H,19,20)(H2,17,18,21). The second kappa shape index (κ2) is 7.47. The van der Waals surface area contributed by atoms with Crippen LogP contribution in [0.2, 0.25) is 0 Å². The molecule has 1 aliphatic carbocycles. The van der Waals surface area contributed by atoms with E-state index in [2.05, 4.69) is 16.7 Å². The van der Waals surface area contributed by atoms with Crippen LogP contribution >= 0.6 is 0 Å². The molecule has 0 fully saturated rings. The maximum absolute atomic E-state index is 11.8. The largest absolute Gasteiger partial charge is 0.479 e. The zero-order chi connectivity index (χ0) is 15.1. The van der Waals surface area contributed by atoms with Crippen LogP contribution in [-0.2, 0) is 4.79 Å². The molecule has 0 saturated carbocycles. The Labute approximate surface area is 124 Å². The minimum absolute atomic E-state index is 0.454. The van der Waals surface area contributed by atoms with Gasteiger partial charge in [-0.25, -0.2) is 9.59 Å². The highest BCUT2D eigenvalue weighted by Crippen LogP contribution is 2.19. The van der Waals surface area contributed by atoms with Crippen LogP contribution in [-0.4, -0.2) is 23.7 Å². The molecular weight excluding hydrogens is 268 g/mol. The number of carbonyl (C=O) groups excluding carboxylic acids is 1. The molecule has 3 N–H and O–H groups in total. The van der Waals surface area contributed by atoms with Gasteiger partial charge in [0.05, 0.1) is 0 Å². The van der Waals surface area contributed by atoms with Crippen LogP contribution in [0.4, 0.5) is 4.79 Å². The van der Waals surface area contributed by atoms with E-state index in [0.29, 0.717) is 12.1 Å². The summed E-state index contributed by atoms with van der Waals surface area (Å²) in [5.41, 5.74) is 1.92. The first-order valence-corrected chi connectivity index (χ1v) is 7.17. The molecule has 1 aliphatic rings. The van der Waals surface area contributed by atoms with Crippen molar-refractivity contribution in [3.05, 3.63) is 47.5 Å². The van der Waals surface area contributed by atoms with Crippen LogP contribution in [0, 0.1) is 0 Å². The number of carbonyl (C=O) groups is 2. The number of amides is 2. The molecule has 0 radical (unpaired) electrons. The monoisotopic (exact) mass is 288 g/mol. The van der Waals surface area contributed by atoms with E-state index in [1.807, 2.05) is 0 Å². The molecule has 5 nitrogen and oxygen atoms in total. The van der Waals surface area contributed by atoms with Crippen molar-refractivity contribution in [1.29, 1.82) is 0 Å². The summed E-state index contributed by atoms with van der Waals surface area (Å²) >= 11 is 0. The molecule has 2 rings (SSSR count). The van der Waals surface area contributed by atoms with Crippen molar-refractivity contribution in [2.45, 2.75) is 31.7 Å². The van der Waals surface area contributed by atoms with Crippen LogP contribution in [0.15, 0.2) is 42.0 Å². The van der Waals surface area contributed by atoms with E-state index in [0.717, 1.165) is 19.3 Å². The topological polar surface area (TPSA) is 78.4 Å². The fourth-order valence-electron chi connectivity index (χ4n) is 2.42. The van der Waals surface area contributed by atoms with Gasteiger partial charge in [0, 0.05) is 6.54 Å². The molecule has 1 unspecified atom stereocenters. The van der Waals surface area contributed by atoms with Crippen molar-refractivity contribution in [2.75, 3.05) is 6.54 Å². The molecule has 0 aromatic heterocycles. The Morgan fingerprint density at radius 1 is 1.24 bits per heavy atom. The average Bonchev–Trinajstić information content (AvgIpc) is 2.98. The molecule has 0 heterocycles. The van der Waals surface area contributed by atoms with Crippen molar-refractivity contribution in [3.8, 4) is 0 Å².